The van der Waals surface area contributed by atoms with Crippen LogP contribution in [0.5, 0.6) is 11.5 Å². The maximum atomic E-state index is 6.41. The second-order valence-electron chi connectivity index (χ2n) is 5.86. The molecule has 1 N–H and O–H groups in total. The number of ether oxygens (including phenoxy) is 3. The van der Waals surface area contributed by atoms with Crippen LogP contribution in [0.15, 0.2) is 30.3 Å². The molecule has 7 heteroatoms. The first-order chi connectivity index (χ1) is 13.0. The van der Waals surface area contributed by atoms with Crippen molar-refractivity contribution in [1.29, 1.82) is 0 Å². The minimum absolute atomic E-state index is 0.332. The summed E-state index contributed by atoms with van der Waals surface area (Å²) in [5.41, 5.74) is 1.86. The molecule has 0 aliphatic heterocycles. The summed E-state index contributed by atoms with van der Waals surface area (Å²) < 4.78 is 16.6. The van der Waals surface area contributed by atoms with E-state index in [0.717, 1.165) is 37.3 Å². The largest absolute Gasteiger partial charge is 0.493 e. The van der Waals surface area contributed by atoms with Crippen molar-refractivity contribution in [2.75, 3.05) is 26.9 Å². The minimum atomic E-state index is 0.332. The quantitative estimate of drug-likeness (QED) is 0.459. The van der Waals surface area contributed by atoms with Crippen LogP contribution in [0.1, 0.15) is 24.5 Å². The van der Waals surface area contributed by atoms with E-state index in [2.05, 4.69) is 5.32 Å². The van der Waals surface area contributed by atoms with Gasteiger partial charge >= 0.3 is 0 Å². The van der Waals surface area contributed by atoms with Crippen molar-refractivity contribution in [3.8, 4) is 11.5 Å². The lowest BCUT2D eigenvalue weighted by Gasteiger charge is -2.14. The summed E-state index contributed by atoms with van der Waals surface area (Å²) in [4.78, 5) is 0. The Bertz CT molecular complexity index is 741. The monoisotopic (exact) mass is 431 g/mol. The average Bonchev–Trinajstić information content (AvgIpc) is 2.66. The lowest BCUT2D eigenvalue weighted by Crippen LogP contribution is -2.16. The van der Waals surface area contributed by atoms with Crippen molar-refractivity contribution in [3.63, 3.8) is 0 Å². The molecule has 0 aliphatic carbocycles. The molecule has 0 bridgehead atoms. The molecule has 2 aromatic carbocycles. The topological polar surface area (TPSA) is 39.7 Å². The maximum absolute atomic E-state index is 6.41. The van der Waals surface area contributed by atoms with Crippen molar-refractivity contribution in [3.05, 3.63) is 56.5 Å². The Hall–Kier alpha value is -1.17. The van der Waals surface area contributed by atoms with Crippen LogP contribution in [0.25, 0.3) is 0 Å². The zero-order chi connectivity index (χ0) is 19.6. The zero-order valence-electron chi connectivity index (χ0n) is 15.5. The molecule has 0 fully saturated rings. The summed E-state index contributed by atoms with van der Waals surface area (Å²) in [6.45, 7) is 5.32. The molecule has 148 valence electrons. The van der Waals surface area contributed by atoms with E-state index in [1.807, 2.05) is 19.1 Å². The smallest absolute Gasteiger partial charge is 0.163 e. The predicted molar refractivity (Wildman–Crippen MR) is 112 cm³/mol. The van der Waals surface area contributed by atoms with Crippen LogP contribution in [0, 0.1) is 0 Å². The number of methoxy groups -OCH3 is 1. The molecule has 0 spiro atoms. The van der Waals surface area contributed by atoms with E-state index in [0.29, 0.717) is 39.7 Å². The second-order valence-corrected chi connectivity index (χ2v) is 7.08. The average molecular weight is 433 g/mol. The van der Waals surface area contributed by atoms with Gasteiger partial charge in [0.1, 0.15) is 6.61 Å². The Morgan fingerprint density at radius 1 is 0.963 bits per heavy atom. The second kappa shape index (κ2) is 11.6. The van der Waals surface area contributed by atoms with Crippen molar-refractivity contribution in [2.45, 2.75) is 26.5 Å². The van der Waals surface area contributed by atoms with Gasteiger partial charge in [0.2, 0.25) is 0 Å². The van der Waals surface area contributed by atoms with E-state index in [-0.39, 0.29) is 0 Å². The van der Waals surface area contributed by atoms with E-state index < -0.39 is 0 Å². The van der Waals surface area contributed by atoms with E-state index in [1.54, 1.807) is 25.3 Å². The summed E-state index contributed by atoms with van der Waals surface area (Å²) in [5, 5.41) is 4.98. The predicted octanol–water partition coefficient (Wildman–Crippen LogP) is 5.75. The summed E-state index contributed by atoms with van der Waals surface area (Å²) >= 11 is 18.4. The fourth-order valence-electron chi connectivity index (χ4n) is 2.44. The van der Waals surface area contributed by atoms with Crippen molar-refractivity contribution >= 4 is 34.8 Å². The Morgan fingerprint density at radius 2 is 1.78 bits per heavy atom. The number of rotatable bonds is 11. The van der Waals surface area contributed by atoms with Crippen LogP contribution >= 0.6 is 34.8 Å². The Balaban J connectivity index is 1.96. The maximum Gasteiger partial charge on any atom is 0.163 e. The molecule has 0 unspecified atom stereocenters. The van der Waals surface area contributed by atoms with Gasteiger partial charge in [0, 0.05) is 30.8 Å². The van der Waals surface area contributed by atoms with Gasteiger partial charge in [-0.15, -0.1) is 0 Å². The summed E-state index contributed by atoms with van der Waals surface area (Å²) in [6, 6.07) is 9.05. The third kappa shape index (κ3) is 7.05. The summed E-state index contributed by atoms with van der Waals surface area (Å²) in [5.74, 6) is 1.21. The van der Waals surface area contributed by atoms with Gasteiger partial charge in [0.25, 0.3) is 0 Å². The molecule has 0 aliphatic rings. The Labute approximate surface area is 175 Å². The highest BCUT2D eigenvalue weighted by Gasteiger charge is 2.11. The van der Waals surface area contributed by atoms with Crippen LogP contribution in [0.3, 0.4) is 0 Å². The number of hydrogen-bond acceptors (Lipinski definition) is 4. The normalized spacial score (nSPS) is 10.9. The van der Waals surface area contributed by atoms with E-state index in [1.165, 1.54) is 0 Å². The van der Waals surface area contributed by atoms with Gasteiger partial charge in [-0.3, -0.25) is 0 Å². The molecule has 4 nitrogen and oxygen atoms in total. The van der Waals surface area contributed by atoms with Gasteiger partial charge in [-0.05, 0) is 49.2 Å². The molecular weight excluding hydrogens is 409 g/mol. The first kappa shape index (κ1) is 22.1. The molecule has 2 rings (SSSR count). The van der Waals surface area contributed by atoms with Crippen LogP contribution in [0.4, 0.5) is 0 Å². The highest BCUT2D eigenvalue weighted by atomic mass is 35.5. The van der Waals surface area contributed by atoms with Crippen molar-refractivity contribution in [1.82, 2.24) is 5.32 Å². The molecule has 0 heterocycles. The standard InChI is InChI=1S/C20H24Cl3NO3/c1-3-26-8-4-7-24-12-15-10-19(25-2)20(11-17(15)22)27-13-14-5-6-16(21)18(23)9-14/h5-6,9-11,24H,3-4,7-8,12-13H2,1-2H3. The van der Waals surface area contributed by atoms with Crippen molar-refractivity contribution < 1.29 is 14.2 Å². The number of nitrogens with one attached hydrogen (secondary N) is 1. The third-order valence-corrected chi connectivity index (χ3v) is 4.96. The summed E-state index contributed by atoms with van der Waals surface area (Å²) in [7, 11) is 1.61. The van der Waals surface area contributed by atoms with E-state index >= 15 is 0 Å². The van der Waals surface area contributed by atoms with Gasteiger partial charge in [-0.25, -0.2) is 0 Å². The Kier molecular flexibility index (Phi) is 9.52. The molecule has 0 saturated carbocycles. The van der Waals surface area contributed by atoms with Gasteiger partial charge in [0.05, 0.1) is 17.2 Å². The van der Waals surface area contributed by atoms with Gasteiger partial charge in [-0.2, -0.15) is 0 Å². The minimum Gasteiger partial charge on any atom is -0.493 e. The van der Waals surface area contributed by atoms with Gasteiger partial charge in [-0.1, -0.05) is 40.9 Å². The fourth-order valence-corrected chi connectivity index (χ4v) is 2.98. The third-order valence-electron chi connectivity index (χ3n) is 3.87. The van der Waals surface area contributed by atoms with E-state index in [4.69, 9.17) is 49.0 Å². The van der Waals surface area contributed by atoms with Crippen LogP contribution in [-0.2, 0) is 17.9 Å². The van der Waals surface area contributed by atoms with Gasteiger partial charge in [0.15, 0.2) is 11.5 Å². The Morgan fingerprint density at radius 3 is 2.48 bits per heavy atom. The molecule has 0 amide bonds. The van der Waals surface area contributed by atoms with Crippen LogP contribution < -0.4 is 14.8 Å². The molecule has 2 aromatic rings. The van der Waals surface area contributed by atoms with Gasteiger partial charge < -0.3 is 19.5 Å². The van der Waals surface area contributed by atoms with E-state index in [9.17, 15) is 0 Å². The highest BCUT2D eigenvalue weighted by Crippen LogP contribution is 2.34. The highest BCUT2D eigenvalue weighted by molar-refractivity contribution is 6.42. The number of halogens is 3. The first-order valence-electron chi connectivity index (χ1n) is 8.76. The van der Waals surface area contributed by atoms with Crippen LogP contribution in [0.2, 0.25) is 15.1 Å². The molecular formula is C20H24Cl3NO3. The lowest BCUT2D eigenvalue weighted by molar-refractivity contribution is 0.144. The molecule has 0 saturated heterocycles. The fraction of sp³-hybridized carbons (Fsp3) is 0.400. The molecule has 0 atom stereocenters. The molecule has 0 radical (unpaired) electrons. The van der Waals surface area contributed by atoms with Crippen LogP contribution in [-0.4, -0.2) is 26.9 Å². The summed E-state index contributed by atoms with van der Waals surface area (Å²) in [6.07, 6.45) is 0.952. The number of hydrogen-bond donors (Lipinski definition) is 1. The molecule has 0 aromatic heterocycles. The zero-order valence-corrected chi connectivity index (χ0v) is 17.8. The SMILES string of the molecule is CCOCCCNCc1cc(OC)c(OCc2ccc(Cl)c(Cl)c2)cc1Cl. The first-order valence-corrected chi connectivity index (χ1v) is 9.90. The lowest BCUT2D eigenvalue weighted by atomic mass is 10.2. The number of benzene rings is 2. The van der Waals surface area contributed by atoms with Crippen molar-refractivity contribution in [2.24, 2.45) is 0 Å². The molecule has 27 heavy (non-hydrogen) atoms.